The Morgan fingerprint density at radius 1 is 0.946 bits per heavy atom. The van der Waals surface area contributed by atoms with Crippen LogP contribution in [0.2, 0.25) is 0 Å². The monoisotopic (exact) mass is 505 g/mol. The molecule has 0 saturated carbocycles. The fourth-order valence-electron chi connectivity index (χ4n) is 3.43. The van der Waals surface area contributed by atoms with Gasteiger partial charge in [-0.15, -0.1) is 0 Å². The van der Waals surface area contributed by atoms with Gasteiger partial charge in [0, 0.05) is 29.3 Å². The molecule has 5 N–H and O–H groups in total. The fourth-order valence-corrected chi connectivity index (χ4v) is 3.43. The van der Waals surface area contributed by atoms with E-state index in [4.69, 9.17) is 14.7 Å². The van der Waals surface area contributed by atoms with Gasteiger partial charge in [-0.05, 0) is 66.2 Å². The SMILES string of the molecule is COc1ccc(OC)c(C=CC(=O)NC(Cc2ccc(O)cc2)C(=O)Nc2ccc(C(=O)NO)cc2)c1. The number of rotatable bonds is 10. The van der Waals surface area contributed by atoms with Gasteiger partial charge in [0.25, 0.3) is 5.91 Å². The molecule has 0 aromatic heterocycles. The smallest absolute Gasteiger partial charge is 0.274 e. The zero-order valence-electron chi connectivity index (χ0n) is 20.2. The number of ether oxygens (including phenoxy) is 2. The predicted octanol–water partition coefficient (Wildman–Crippen LogP) is 2.91. The Hall–Kier alpha value is -4.83. The Labute approximate surface area is 213 Å². The van der Waals surface area contributed by atoms with Crippen LogP contribution in [0.5, 0.6) is 17.2 Å². The van der Waals surface area contributed by atoms with Crippen molar-refractivity contribution in [3.05, 3.63) is 89.5 Å². The third-order valence-electron chi connectivity index (χ3n) is 5.38. The third kappa shape index (κ3) is 7.58. The lowest BCUT2D eigenvalue weighted by molar-refractivity contribution is -0.123. The molecule has 10 nitrogen and oxygen atoms in total. The van der Waals surface area contributed by atoms with E-state index in [1.165, 1.54) is 62.2 Å². The molecule has 192 valence electrons. The lowest BCUT2D eigenvalue weighted by Gasteiger charge is -2.18. The number of hydrogen-bond donors (Lipinski definition) is 5. The normalized spacial score (nSPS) is 11.4. The molecule has 3 amide bonds. The number of carbonyl (C=O) groups excluding carboxylic acids is 3. The first-order valence-electron chi connectivity index (χ1n) is 11.2. The van der Waals surface area contributed by atoms with E-state index >= 15 is 0 Å². The molecule has 0 bridgehead atoms. The van der Waals surface area contributed by atoms with Crippen LogP contribution in [-0.4, -0.2) is 48.3 Å². The summed E-state index contributed by atoms with van der Waals surface area (Å²) < 4.78 is 10.5. The number of benzene rings is 3. The minimum absolute atomic E-state index is 0.0796. The summed E-state index contributed by atoms with van der Waals surface area (Å²) >= 11 is 0. The molecule has 0 fully saturated rings. The lowest BCUT2D eigenvalue weighted by atomic mass is 10.0. The van der Waals surface area contributed by atoms with Crippen LogP contribution >= 0.6 is 0 Å². The molecule has 0 spiro atoms. The van der Waals surface area contributed by atoms with Gasteiger partial charge in [0.1, 0.15) is 23.3 Å². The molecule has 10 heteroatoms. The van der Waals surface area contributed by atoms with Gasteiger partial charge >= 0.3 is 0 Å². The number of methoxy groups -OCH3 is 2. The molecule has 3 rings (SSSR count). The highest BCUT2D eigenvalue weighted by Gasteiger charge is 2.21. The zero-order valence-corrected chi connectivity index (χ0v) is 20.2. The van der Waals surface area contributed by atoms with Crippen LogP contribution in [0, 0.1) is 0 Å². The average Bonchev–Trinajstić information content (AvgIpc) is 2.92. The van der Waals surface area contributed by atoms with Crippen LogP contribution in [0.15, 0.2) is 72.8 Å². The molecule has 0 radical (unpaired) electrons. The largest absolute Gasteiger partial charge is 0.508 e. The van der Waals surface area contributed by atoms with E-state index < -0.39 is 23.8 Å². The Morgan fingerprint density at radius 2 is 1.65 bits per heavy atom. The van der Waals surface area contributed by atoms with Crippen LogP contribution in [0.1, 0.15) is 21.5 Å². The van der Waals surface area contributed by atoms with E-state index in [0.29, 0.717) is 28.3 Å². The van der Waals surface area contributed by atoms with E-state index in [2.05, 4.69) is 10.6 Å². The number of carbonyl (C=O) groups is 3. The second-order valence-electron chi connectivity index (χ2n) is 7.88. The lowest BCUT2D eigenvalue weighted by Crippen LogP contribution is -2.44. The highest BCUT2D eigenvalue weighted by Crippen LogP contribution is 2.25. The van der Waals surface area contributed by atoms with E-state index in [0.717, 1.165) is 0 Å². The number of aromatic hydroxyl groups is 1. The number of nitrogens with one attached hydrogen (secondary N) is 3. The van der Waals surface area contributed by atoms with E-state index in [1.807, 2.05) is 0 Å². The molecule has 0 aliphatic heterocycles. The number of amides is 3. The Morgan fingerprint density at radius 3 is 2.27 bits per heavy atom. The van der Waals surface area contributed by atoms with Crippen LogP contribution in [0.3, 0.4) is 0 Å². The quantitative estimate of drug-likeness (QED) is 0.162. The average molecular weight is 506 g/mol. The molecule has 0 aliphatic carbocycles. The first-order chi connectivity index (χ1) is 17.8. The van der Waals surface area contributed by atoms with Crippen molar-refractivity contribution in [3.63, 3.8) is 0 Å². The molecule has 3 aromatic carbocycles. The van der Waals surface area contributed by atoms with Crippen molar-refractivity contribution in [2.45, 2.75) is 12.5 Å². The number of phenolic OH excluding ortho intramolecular Hbond substituents is 1. The van der Waals surface area contributed by atoms with Gasteiger partial charge in [0.2, 0.25) is 11.8 Å². The Kier molecular flexibility index (Phi) is 9.23. The van der Waals surface area contributed by atoms with Gasteiger partial charge < -0.3 is 25.2 Å². The number of hydroxylamine groups is 1. The molecule has 0 heterocycles. The standard InChI is InChI=1S/C27H27N3O7/c1-36-22-12-13-24(37-2)19(16-22)7-14-25(32)29-23(15-17-3-10-21(31)11-4-17)27(34)28-20-8-5-18(6-9-20)26(33)30-35/h3-14,16,23,31,35H,15H2,1-2H3,(H,28,34)(H,29,32)(H,30,33). The molecule has 3 aromatic rings. The summed E-state index contributed by atoms with van der Waals surface area (Å²) in [5, 5.41) is 23.7. The van der Waals surface area contributed by atoms with Crippen molar-refractivity contribution in [3.8, 4) is 17.2 Å². The van der Waals surface area contributed by atoms with E-state index in [-0.39, 0.29) is 17.7 Å². The summed E-state index contributed by atoms with van der Waals surface area (Å²) in [6.07, 6.45) is 2.99. The maximum absolute atomic E-state index is 13.1. The minimum atomic E-state index is -0.964. The number of phenols is 1. The number of anilines is 1. The van der Waals surface area contributed by atoms with Crippen LogP contribution < -0.4 is 25.6 Å². The maximum atomic E-state index is 13.1. The summed E-state index contributed by atoms with van der Waals surface area (Å²) in [5.41, 5.74) is 3.46. The molecule has 0 saturated heterocycles. The second kappa shape index (κ2) is 12.8. The summed E-state index contributed by atoms with van der Waals surface area (Å²) in [6, 6.07) is 16.3. The van der Waals surface area contributed by atoms with Crippen molar-refractivity contribution in [2.75, 3.05) is 19.5 Å². The van der Waals surface area contributed by atoms with Gasteiger partial charge in [-0.2, -0.15) is 0 Å². The van der Waals surface area contributed by atoms with Crippen molar-refractivity contribution in [1.82, 2.24) is 10.8 Å². The van der Waals surface area contributed by atoms with Gasteiger partial charge in [0.15, 0.2) is 0 Å². The van der Waals surface area contributed by atoms with Gasteiger partial charge in [0.05, 0.1) is 14.2 Å². The van der Waals surface area contributed by atoms with Crippen LogP contribution in [0.25, 0.3) is 6.08 Å². The van der Waals surface area contributed by atoms with Crippen molar-refractivity contribution >= 4 is 29.5 Å². The van der Waals surface area contributed by atoms with Gasteiger partial charge in [-0.1, -0.05) is 12.1 Å². The fraction of sp³-hybridized carbons (Fsp3) is 0.148. The second-order valence-corrected chi connectivity index (χ2v) is 7.88. The van der Waals surface area contributed by atoms with E-state index in [1.54, 1.807) is 36.4 Å². The van der Waals surface area contributed by atoms with Crippen LogP contribution in [0.4, 0.5) is 5.69 Å². The first-order valence-corrected chi connectivity index (χ1v) is 11.2. The highest BCUT2D eigenvalue weighted by molar-refractivity contribution is 6.01. The molecule has 1 atom stereocenters. The molecule has 1 unspecified atom stereocenters. The highest BCUT2D eigenvalue weighted by atomic mass is 16.5. The van der Waals surface area contributed by atoms with Crippen molar-refractivity contribution in [2.24, 2.45) is 0 Å². The van der Waals surface area contributed by atoms with Crippen molar-refractivity contribution in [1.29, 1.82) is 0 Å². The molecular formula is C27H27N3O7. The maximum Gasteiger partial charge on any atom is 0.274 e. The number of hydrogen-bond acceptors (Lipinski definition) is 7. The minimum Gasteiger partial charge on any atom is -0.508 e. The molecule has 0 aliphatic rings. The Balaban J connectivity index is 1.77. The van der Waals surface area contributed by atoms with Gasteiger partial charge in [-0.25, -0.2) is 5.48 Å². The topological polar surface area (TPSA) is 146 Å². The Bertz CT molecular complexity index is 1270. The zero-order chi connectivity index (χ0) is 26.8. The summed E-state index contributed by atoms with van der Waals surface area (Å²) in [4.78, 5) is 37.4. The summed E-state index contributed by atoms with van der Waals surface area (Å²) in [7, 11) is 3.05. The van der Waals surface area contributed by atoms with Crippen molar-refractivity contribution < 1.29 is 34.2 Å². The first kappa shape index (κ1) is 26.8. The predicted molar refractivity (Wildman–Crippen MR) is 137 cm³/mol. The third-order valence-corrected chi connectivity index (χ3v) is 5.38. The van der Waals surface area contributed by atoms with Gasteiger partial charge in [-0.3, -0.25) is 19.6 Å². The van der Waals surface area contributed by atoms with Crippen LogP contribution in [-0.2, 0) is 16.0 Å². The molecular weight excluding hydrogens is 478 g/mol. The molecule has 37 heavy (non-hydrogen) atoms. The summed E-state index contributed by atoms with van der Waals surface area (Å²) in [6.45, 7) is 0. The van der Waals surface area contributed by atoms with E-state index in [9.17, 15) is 19.5 Å². The summed E-state index contributed by atoms with van der Waals surface area (Å²) in [5.74, 6) is -0.479.